The third-order valence-corrected chi connectivity index (χ3v) is 3.12. The molecule has 1 fully saturated rings. The Balaban J connectivity index is 2.24. The Morgan fingerprint density at radius 3 is 2.40 bits per heavy atom. The molecule has 0 aliphatic carbocycles. The van der Waals surface area contributed by atoms with E-state index >= 15 is 0 Å². The highest BCUT2D eigenvalue weighted by Crippen LogP contribution is 2.10. The van der Waals surface area contributed by atoms with Crippen LogP contribution in [0.2, 0.25) is 0 Å². The molecule has 0 spiro atoms. The van der Waals surface area contributed by atoms with Gasteiger partial charge in [0.05, 0.1) is 0 Å². The van der Waals surface area contributed by atoms with Gasteiger partial charge in [-0.05, 0) is 33.1 Å². The number of hydrogen-bond donors (Lipinski definition) is 1. The lowest BCUT2D eigenvalue weighted by Crippen LogP contribution is -2.39. The van der Waals surface area contributed by atoms with Crippen LogP contribution in [0.15, 0.2) is 0 Å². The van der Waals surface area contributed by atoms with Gasteiger partial charge in [-0.25, -0.2) is 0 Å². The Hall–Kier alpha value is -0.570. The van der Waals surface area contributed by atoms with E-state index < -0.39 is 0 Å². The van der Waals surface area contributed by atoms with Crippen LogP contribution in [0.3, 0.4) is 0 Å². The lowest BCUT2D eigenvalue weighted by molar-refractivity contribution is -0.130. The van der Waals surface area contributed by atoms with Crippen molar-refractivity contribution in [3.8, 4) is 0 Å². The quantitative estimate of drug-likeness (QED) is 0.753. The summed E-state index contributed by atoms with van der Waals surface area (Å²) in [6.45, 7) is 8.35. The number of rotatable bonds is 5. The van der Waals surface area contributed by atoms with Crippen molar-refractivity contribution in [1.29, 1.82) is 0 Å². The van der Waals surface area contributed by atoms with Gasteiger partial charge in [0.2, 0.25) is 5.91 Å². The monoisotopic (exact) mass is 212 g/mol. The molecule has 3 heteroatoms. The van der Waals surface area contributed by atoms with Gasteiger partial charge in [0, 0.05) is 31.6 Å². The van der Waals surface area contributed by atoms with Crippen LogP contribution in [-0.4, -0.2) is 36.0 Å². The zero-order valence-electron chi connectivity index (χ0n) is 10.3. The van der Waals surface area contributed by atoms with Crippen molar-refractivity contribution in [1.82, 2.24) is 10.2 Å². The highest BCUT2D eigenvalue weighted by Gasteiger charge is 2.19. The first kappa shape index (κ1) is 12.5. The lowest BCUT2D eigenvalue weighted by Gasteiger charge is -2.21. The maximum absolute atomic E-state index is 11.8. The summed E-state index contributed by atoms with van der Waals surface area (Å²) in [5.74, 6) is 0.316. The first-order chi connectivity index (χ1) is 7.13. The first-order valence-corrected chi connectivity index (χ1v) is 6.17. The van der Waals surface area contributed by atoms with Crippen LogP contribution in [0.5, 0.6) is 0 Å². The van der Waals surface area contributed by atoms with Crippen LogP contribution in [0.4, 0.5) is 0 Å². The normalized spacial score (nSPS) is 20.3. The molecular formula is C12H24N2O. The zero-order chi connectivity index (χ0) is 11.3. The molecule has 15 heavy (non-hydrogen) atoms. The molecule has 2 unspecified atom stereocenters. The highest BCUT2D eigenvalue weighted by atomic mass is 16.2. The fraction of sp³-hybridized carbons (Fsp3) is 0.917. The molecule has 1 heterocycles. The van der Waals surface area contributed by atoms with E-state index in [2.05, 4.69) is 26.1 Å². The summed E-state index contributed by atoms with van der Waals surface area (Å²) in [5, 5.41) is 3.44. The van der Waals surface area contributed by atoms with Crippen molar-refractivity contribution in [2.75, 3.05) is 13.1 Å². The number of nitrogens with one attached hydrogen (secondary N) is 1. The summed E-state index contributed by atoms with van der Waals surface area (Å²) < 4.78 is 0. The molecule has 0 aromatic carbocycles. The van der Waals surface area contributed by atoms with Crippen LogP contribution in [0.25, 0.3) is 0 Å². The molecule has 0 aromatic heterocycles. The van der Waals surface area contributed by atoms with Crippen molar-refractivity contribution in [2.24, 2.45) is 0 Å². The molecule has 0 bridgehead atoms. The molecule has 0 saturated carbocycles. The third-order valence-electron chi connectivity index (χ3n) is 3.12. The minimum absolute atomic E-state index is 0.299. The third kappa shape index (κ3) is 4.20. The number of hydrogen-bond acceptors (Lipinski definition) is 2. The smallest absolute Gasteiger partial charge is 0.224 e. The second kappa shape index (κ2) is 6.11. The highest BCUT2D eigenvalue weighted by molar-refractivity contribution is 5.77. The summed E-state index contributed by atoms with van der Waals surface area (Å²) in [7, 11) is 0. The summed E-state index contributed by atoms with van der Waals surface area (Å²) in [5.41, 5.74) is 0. The zero-order valence-corrected chi connectivity index (χ0v) is 10.3. The van der Waals surface area contributed by atoms with E-state index in [0.29, 0.717) is 24.4 Å². The average Bonchev–Trinajstić information content (AvgIpc) is 2.70. The van der Waals surface area contributed by atoms with Crippen LogP contribution < -0.4 is 5.32 Å². The standard InChI is InChI=1S/C12H24N2O/c1-4-10(2)13-11(3)9-12(15)14-7-5-6-8-14/h10-11,13H,4-9H2,1-3H3. The van der Waals surface area contributed by atoms with Crippen LogP contribution in [0, 0.1) is 0 Å². The van der Waals surface area contributed by atoms with Gasteiger partial charge in [-0.3, -0.25) is 4.79 Å². The SMILES string of the molecule is CCC(C)NC(C)CC(=O)N1CCCC1. The van der Waals surface area contributed by atoms with Crippen LogP contribution >= 0.6 is 0 Å². The maximum atomic E-state index is 11.8. The number of nitrogens with zero attached hydrogens (tertiary/aromatic N) is 1. The molecule has 1 amide bonds. The fourth-order valence-electron chi connectivity index (χ4n) is 2.02. The number of likely N-dealkylation sites (tertiary alicyclic amines) is 1. The minimum atomic E-state index is 0.299. The molecule has 0 radical (unpaired) electrons. The van der Waals surface area contributed by atoms with Crippen molar-refractivity contribution >= 4 is 5.91 Å². The van der Waals surface area contributed by atoms with Crippen molar-refractivity contribution in [2.45, 2.75) is 58.5 Å². The number of carbonyl (C=O) groups excluding carboxylic acids is 1. The second-order valence-electron chi connectivity index (χ2n) is 4.67. The Morgan fingerprint density at radius 2 is 1.87 bits per heavy atom. The lowest BCUT2D eigenvalue weighted by atomic mass is 10.1. The van der Waals surface area contributed by atoms with E-state index in [1.54, 1.807) is 0 Å². The Kier molecular flexibility index (Phi) is 5.09. The van der Waals surface area contributed by atoms with Crippen LogP contribution in [0.1, 0.15) is 46.5 Å². The second-order valence-corrected chi connectivity index (χ2v) is 4.67. The molecule has 1 aliphatic rings. The van der Waals surface area contributed by atoms with E-state index in [1.165, 1.54) is 12.8 Å². The Morgan fingerprint density at radius 1 is 1.27 bits per heavy atom. The van der Waals surface area contributed by atoms with Crippen molar-refractivity contribution in [3.63, 3.8) is 0 Å². The molecule has 1 aliphatic heterocycles. The van der Waals surface area contributed by atoms with Gasteiger partial charge in [-0.15, -0.1) is 0 Å². The summed E-state index contributed by atoms with van der Waals surface area (Å²) in [4.78, 5) is 13.8. The maximum Gasteiger partial charge on any atom is 0.224 e. The van der Waals surface area contributed by atoms with Crippen LogP contribution in [-0.2, 0) is 4.79 Å². The molecule has 1 N–H and O–H groups in total. The van der Waals surface area contributed by atoms with Gasteiger partial charge < -0.3 is 10.2 Å². The minimum Gasteiger partial charge on any atom is -0.343 e. The summed E-state index contributed by atoms with van der Waals surface area (Å²) in [6, 6.07) is 0.805. The molecule has 3 nitrogen and oxygen atoms in total. The van der Waals surface area contributed by atoms with E-state index in [-0.39, 0.29) is 0 Å². The Bertz CT molecular complexity index is 200. The molecule has 1 rings (SSSR count). The topological polar surface area (TPSA) is 32.3 Å². The first-order valence-electron chi connectivity index (χ1n) is 6.17. The molecule has 2 atom stereocenters. The number of carbonyl (C=O) groups is 1. The van der Waals surface area contributed by atoms with Crippen molar-refractivity contribution in [3.05, 3.63) is 0 Å². The van der Waals surface area contributed by atoms with E-state index in [1.807, 2.05) is 4.90 Å². The van der Waals surface area contributed by atoms with Gasteiger partial charge in [-0.2, -0.15) is 0 Å². The Labute approximate surface area is 93.2 Å². The van der Waals surface area contributed by atoms with Gasteiger partial charge in [-0.1, -0.05) is 6.92 Å². The van der Waals surface area contributed by atoms with Gasteiger partial charge in [0.1, 0.15) is 0 Å². The van der Waals surface area contributed by atoms with Crippen molar-refractivity contribution < 1.29 is 4.79 Å². The van der Waals surface area contributed by atoms with Gasteiger partial charge in [0.15, 0.2) is 0 Å². The van der Waals surface area contributed by atoms with E-state index in [9.17, 15) is 4.79 Å². The predicted octanol–water partition coefficient (Wildman–Crippen LogP) is 1.78. The number of amides is 1. The molecular weight excluding hydrogens is 188 g/mol. The van der Waals surface area contributed by atoms with Gasteiger partial charge >= 0.3 is 0 Å². The largest absolute Gasteiger partial charge is 0.343 e. The molecule has 88 valence electrons. The average molecular weight is 212 g/mol. The molecule has 1 saturated heterocycles. The fourth-order valence-corrected chi connectivity index (χ4v) is 2.02. The summed E-state index contributed by atoms with van der Waals surface area (Å²) >= 11 is 0. The molecule has 0 aromatic rings. The van der Waals surface area contributed by atoms with E-state index in [0.717, 1.165) is 19.5 Å². The van der Waals surface area contributed by atoms with Gasteiger partial charge in [0.25, 0.3) is 0 Å². The summed E-state index contributed by atoms with van der Waals surface area (Å²) in [6.07, 6.45) is 4.12. The van der Waals surface area contributed by atoms with E-state index in [4.69, 9.17) is 0 Å². The predicted molar refractivity (Wildman–Crippen MR) is 62.8 cm³/mol.